The first-order valence-corrected chi connectivity index (χ1v) is 8.07. The Bertz CT molecular complexity index is 1160. The minimum Gasteiger partial charge on any atom is -0.464 e. The van der Waals surface area contributed by atoms with E-state index in [0.29, 0.717) is 16.6 Å². The second-order valence-electron chi connectivity index (χ2n) is 5.81. The van der Waals surface area contributed by atoms with Crippen LogP contribution in [-0.2, 0) is 9.53 Å². The zero-order chi connectivity index (χ0) is 18.1. The molecule has 4 aromatic rings. The topological polar surface area (TPSA) is 83.0 Å². The van der Waals surface area contributed by atoms with E-state index in [1.165, 1.54) is 11.8 Å². The summed E-state index contributed by atoms with van der Waals surface area (Å²) >= 11 is 0. The van der Waals surface area contributed by atoms with Gasteiger partial charge in [0.15, 0.2) is 5.70 Å². The molecule has 0 amide bonds. The first kappa shape index (κ1) is 15.8. The molecule has 2 N–H and O–H groups in total. The number of carbonyl (C=O) groups excluding carboxylic acids is 1. The number of carbonyl (C=O) groups is 1. The number of esters is 1. The third-order valence-electron chi connectivity index (χ3n) is 4.26. The number of aromatic nitrogens is 3. The molecule has 0 unspecified atom stereocenters. The Kier molecular flexibility index (Phi) is 3.85. The van der Waals surface area contributed by atoms with Gasteiger partial charge in [-0.25, -0.2) is 9.48 Å². The van der Waals surface area contributed by atoms with E-state index in [9.17, 15) is 4.79 Å². The molecule has 1 heterocycles. The van der Waals surface area contributed by atoms with Gasteiger partial charge in [-0.15, -0.1) is 5.10 Å². The third kappa shape index (κ3) is 2.57. The van der Waals surface area contributed by atoms with Gasteiger partial charge in [-0.3, -0.25) is 0 Å². The molecule has 0 aliphatic carbocycles. The number of benzene rings is 3. The van der Waals surface area contributed by atoms with E-state index in [0.717, 1.165) is 10.8 Å². The molecule has 0 atom stereocenters. The summed E-state index contributed by atoms with van der Waals surface area (Å²) in [7, 11) is 1.31. The van der Waals surface area contributed by atoms with Crippen molar-refractivity contribution >= 4 is 39.2 Å². The van der Waals surface area contributed by atoms with Crippen LogP contribution in [0, 0.1) is 0 Å². The maximum atomic E-state index is 12.5. The monoisotopic (exact) mass is 344 g/mol. The molecule has 0 aliphatic heterocycles. The SMILES string of the molecule is COC(=O)C(=C(N)c1ccc2ccccc2c1)n1nnc2ccccc21. The van der Waals surface area contributed by atoms with E-state index in [2.05, 4.69) is 10.3 Å². The fourth-order valence-electron chi connectivity index (χ4n) is 2.93. The van der Waals surface area contributed by atoms with E-state index in [1.807, 2.05) is 66.7 Å². The Hall–Kier alpha value is -3.67. The summed E-state index contributed by atoms with van der Waals surface area (Å²) in [5, 5.41) is 10.3. The van der Waals surface area contributed by atoms with Gasteiger partial charge < -0.3 is 10.5 Å². The summed E-state index contributed by atoms with van der Waals surface area (Å²) in [6, 6.07) is 21.1. The highest BCUT2D eigenvalue weighted by Gasteiger charge is 2.21. The molecule has 0 aliphatic rings. The summed E-state index contributed by atoms with van der Waals surface area (Å²) in [5.74, 6) is -0.577. The number of para-hydroxylation sites is 1. The van der Waals surface area contributed by atoms with Crippen LogP contribution in [0.3, 0.4) is 0 Å². The predicted molar refractivity (Wildman–Crippen MR) is 101 cm³/mol. The average Bonchev–Trinajstić information content (AvgIpc) is 3.11. The minimum atomic E-state index is -0.577. The highest BCUT2D eigenvalue weighted by atomic mass is 16.5. The largest absolute Gasteiger partial charge is 0.464 e. The van der Waals surface area contributed by atoms with Gasteiger partial charge in [0.05, 0.1) is 18.3 Å². The smallest absolute Gasteiger partial charge is 0.358 e. The zero-order valence-electron chi connectivity index (χ0n) is 14.1. The molecule has 3 aromatic carbocycles. The fourth-order valence-corrected chi connectivity index (χ4v) is 2.93. The van der Waals surface area contributed by atoms with Gasteiger partial charge in [-0.2, -0.15) is 0 Å². The number of hydrogen-bond donors (Lipinski definition) is 1. The molecule has 0 bridgehead atoms. The molecule has 1 aromatic heterocycles. The standard InChI is InChI=1S/C20H16N4O2/c1-26-20(25)19(24-17-9-5-4-8-16(17)22-23-24)18(21)15-11-10-13-6-2-3-7-14(13)12-15/h2-12H,21H2,1H3. The normalized spacial score (nSPS) is 12.2. The Labute approximate surface area is 149 Å². The maximum absolute atomic E-state index is 12.5. The van der Waals surface area contributed by atoms with E-state index in [4.69, 9.17) is 10.5 Å². The van der Waals surface area contributed by atoms with Crippen molar-refractivity contribution in [3.05, 3.63) is 72.3 Å². The van der Waals surface area contributed by atoms with Crippen molar-refractivity contribution in [2.24, 2.45) is 5.73 Å². The van der Waals surface area contributed by atoms with Gasteiger partial charge in [0.25, 0.3) is 0 Å². The minimum absolute atomic E-state index is 0.136. The van der Waals surface area contributed by atoms with Crippen molar-refractivity contribution < 1.29 is 9.53 Å². The van der Waals surface area contributed by atoms with Crippen LogP contribution in [0.4, 0.5) is 0 Å². The molecule has 0 spiro atoms. The second kappa shape index (κ2) is 6.33. The number of hydrogen-bond acceptors (Lipinski definition) is 5. The molecule has 6 nitrogen and oxygen atoms in total. The molecule has 0 saturated carbocycles. The molecule has 0 saturated heterocycles. The third-order valence-corrected chi connectivity index (χ3v) is 4.26. The van der Waals surface area contributed by atoms with Crippen LogP contribution in [0.5, 0.6) is 0 Å². The molecule has 4 rings (SSSR count). The van der Waals surface area contributed by atoms with Crippen LogP contribution in [0.1, 0.15) is 5.56 Å². The Morgan fingerprint density at radius 1 is 1.00 bits per heavy atom. The van der Waals surface area contributed by atoms with Crippen LogP contribution in [0.25, 0.3) is 33.2 Å². The summed E-state index contributed by atoms with van der Waals surface area (Å²) in [6.45, 7) is 0. The number of nitrogens with zero attached hydrogens (tertiary/aromatic N) is 3. The van der Waals surface area contributed by atoms with E-state index in [-0.39, 0.29) is 11.4 Å². The summed E-state index contributed by atoms with van der Waals surface area (Å²) in [6.07, 6.45) is 0. The fraction of sp³-hybridized carbons (Fsp3) is 0.0500. The van der Waals surface area contributed by atoms with E-state index in [1.54, 1.807) is 0 Å². The number of ether oxygens (including phenoxy) is 1. The van der Waals surface area contributed by atoms with Crippen LogP contribution in [0.2, 0.25) is 0 Å². The zero-order valence-corrected chi connectivity index (χ0v) is 14.1. The van der Waals surface area contributed by atoms with Crippen molar-refractivity contribution in [2.75, 3.05) is 7.11 Å². The van der Waals surface area contributed by atoms with Crippen LogP contribution in [-0.4, -0.2) is 28.1 Å². The second-order valence-corrected chi connectivity index (χ2v) is 5.81. The average molecular weight is 344 g/mol. The number of methoxy groups -OCH3 is 1. The first-order valence-electron chi connectivity index (χ1n) is 8.07. The van der Waals surface area contributed by atoms with Gasteiger partial charge in [0, 0.05) is 5.56 Å². The molecule has 6 heteroatoms. The lowest BCUT2D eigenvalue weighted by Crippen LogP contribution is -2.17. The Morgan fingerprint density at radius 2 is 1.73 bits per heavy atom. The molecule has 26 heavy (non-hydrogen) atoms. The lowest BCUT2D eigenvalue weighted by molar-refractivity contribution is -0.134. The summed E-state index contributed by atoms with van der Waals surface area (Å²) in [4.78, 5) is 12.5. The first-order chi connectivity index (χ1) is 12.7. The quantitative estimate of drug-likeness (QED) is 0.456. The van der Waals surface area contributed by atoms with Gasteiger partial charge in [0.2, 0.25) is 0 Å². The number of nitrogens with two attached hydrogens (primary N) is 1. The highest BCUT2D eigenvalue weighted by Crippen LogP contribution is 2.25. The van der Waals surface area contributed by atoms with Crippen LogP contribution < -0.4 is 5.73 Å². The van der Waals surface area contributed by atoms with Crippen molar-refractivity contribution in [3.63, 3.8) is 0 Å². The molecule has 0 radical (unpaired) electrons. The predicted octanol–water partition coefficient (Wildman–Crippen LogP) is 3.04. The van der Waals surface area contributed by atoms with E-state index < -0.39 is 5.97 Å². The highest BCUT2D eigenvalue weighted by molar-refractivity contribution is 6.19. The van der Waals surface area contributed by atoms with Crippen molar-refractivity contribution in [1.29, 1.82) is 0 Å². The van der Waals surface area contributed by atoms with Gasteiger partial charge in [0.1, 0.15) is 5.52 Å². The number of rotatable bonds is 3. The van der Waals surface area contributed by atoms with Gasteiger partial charge in [-0.1, -0.05) is 53.7 Å². The van der Waals surface area contributed by atoms with Crippen molar-refractivity contribution in [1.82, 2.24) is 15.0 Å². The molecule has 128 valence electrons. The maximum Gasteiger partial charge on any atom is 0.358 e. The molecular weight excluding hydrogens is 328 g/mol. The van der Waals surface area contributed by atoms with Crippen LogP contribution in [0.15, 0.2) is 66.7 Å². The summed E-state index contributed by atoms with van der Waals surface area (Å²) in [5.41, 5.74) is 8.85. The Morgan fingerprint density at radius 3 is 2.54 bits per heavy atom. The van der Waals surface area contributed by atoms with Crippen molar-refractivity contribution in [3.8, 4) is 0 Å². The van der Waals surface area contributed by atoms with Crippen molar-refractivity contribution in [2.45, 2.75) is 0 Å². The van der Waals surface area contributed by atoms with Gasteiger partial charge >= 0.3 is 5.97 Å². The van der Waals surface area contributed by atoms with Gasteiger partial charge in [-0.05, 0) is 29.0 Å². The summed E-state index contributed by atoms with van der Waals surface area (Å²) < 4.78 is 6.37. The lowest BCUT2D eigenvalue weighted by Gasteiger charge is -2.11. The van der Waals surface area contributed by atoms with Crippen LogP contribution >= 0.6 is 0 Å². The molecule has 0 fully saturated rings. The molecular formula is C20H16N4O2. The Balaban J connectivity index is 1.96. The van der Waals surface area contributed by atoms with E-state index >= 15 is 0 Å². The number of fused-ring (bicyclic) bond motifs is 2. The lowest BCUT2D eigenvalue weighted by atomic mass is 10.0.